The Morgan fingerprint density at radius 3 is 2.81 bits per heavy atom. The minimum atomic E-state index is -0.989. The molecule has 0 heterocycles. The molecule has 5 heteroatoms. The Morgan fingerprint density at radius 2 is 2.25 bits per heavy atom. The summed E-state index contributed by atoms with van der Waals surface area (Å²) >= 11 is 0. The van der Waals surface area contributed by atoms with E-state index >= 15 is 0 Å². The monoisotopic (exact) mass is 245 g/mol. The van der Waals surface area contributed by atoms with Crippen molar-refractivity contribution in [2.45, 2.75) is 19.4 Å². The molecule has 0 unspecified atom stereocenters. The van der Waals surface area contributed by atoms with Crippen molar-refractivity contribution in [2.24, 2.45) is 5.73 Å². The van der Waals surface area contributed by atoms with Crippen LogP contribution in [-0.4, -0.2) is 23.7 Å². The number of aliphatic carboxylic acids is 1. The average molecular weight is 246 g/mol. The van der Waals surface area contributed by atoms with Gasteiger partial charge in [0, 0.05) is 0 Å². The highest BCUT2D eigenvalue weighted by atomic mass is 35.5. The van der Waals surface area contributed by atoms with Gasteiger partial charge < -0.3 is 15.6 Å². The van der Waals surface area contributed by atoms with Crippen molar-refractivity contribution in [2.75, 3.05) is 6.61 Å². The molecule has 1 aromatic rings. The van der Waals surface area contributed by atoms with E-state index in [2.05, 4.69) is 0 Å². The molecule has 0 bridgehead atoms. The Balaban J connectivity index is 0.00000225. The first-order valence-corrected chi connectivity index (χ1v) is 4.83. The zero-order valence-electron chi connectivity index (χ0n) is 9.05. The van der Waals surface area contributed by atoms with E-state index in [1.807, 2.05) is 31.2 Å². The number of carboxylic acid groups (broad SMARTS) is 1. The molecular formula is C11H16ClNO3. The fourth-order valence-corrected chi connectivity index (χ4v) is 1.27. The molecule has 90 valence electrons. The van der Waals surface area contributed by atoms with E-state index in [1.165, 1.54) is 0 Å². The summed E-state index contributed by atoms with van der Waals surface area (Å²) in [5.41, 5.74) is 6.30. The number of hydrogen-bond acceptors (Lipinski definition) is 3. The Bertz CT molecular complexity index is 344. The summed E-state index contributed by atoms with van der Waals surface area (Å²) in [4.78, 5) is 10.6. The lowest BCUT2D eigenvalue weighted by atomic mass is 10.1. The molecule has 3 N–H and O–H groups in total. The van der Waals surface area contributed by atoms with Gasteiger partial charge in [0.2, 0.25) is 0 Å². The van der Waals surface area contributed by atoms with Crippen molar-refractivity contribution < 1.29 is 14.6 Å². The molecular weight excluding hydrogens is 230 g/mol. The molecule has 0 aliphatic heterocycles. The third-order valence-electron chi connectivity index (χ3n) is 1.98. The Hall–Kier alpha value is -1.26. The van der Waals surface area contributed by atoms with E-state index < -0.39 is 12.0 Å². The average Bonchev–Trinajstić information content (AvgIpc) is 2.18. The summed E-state index contributed by atoms with van der Waals surface area (Å²) in [5, 5.41) is 8.66. The fourth-order valence-electron chi connectivity index (χ4n) is 1.27. The Morgan fingerprint density at radius 1 is 1.56 bits per heavy atom. The summed E-state index contributed by atoms with van der Waals surface area (Å²) in [7, 11) is 0. The first kappa shape index (κ1) is 14.7. The van der Waals surface area contributed by atoms with Gasteiger partial charge in [-0.05, 0) is 31.0 Å². The van der Waals surface area contributed by atoms with Crippen LogP contribution in [0.3, 0.4) is 0 Å². The van der Waals surface area contributed by atoms with Crippen molar-refractivity contribution in [3.05, 3.63) is 29.8 Å². The van der Waals surface area contributed by atoms with Gasteiger partial charge in [-0.1, -0.05) is 12.1 Å². The Kier molecular flexibility index (Phi) is 6.53. The van der Waals surface area contributed by atoms with E-state index in [-0.39, 0.29) is 12.4 Å². The minimum absolute atomic E-state index is 0. The van der Waals surface area contributed by atoms with Gasteiger partial charge >= 0.3 is 5.97 Å². The summed E-state index contributed by atoms with van der Waals surface area (Å²) in [6.45, 7) is 2.49. The van der Waals surface area contributed by atoms with Crippen LogP contribution in [0.15, 0.2) is 24.3 Å². The van der Waals surface area contributed by atoms with E-state index in [9.17, 15) is 4.79 Å². The van der Waals surface area contributed by atoms with Crippen LogP contribution in [0.25, 0.3) is 0 Å². The lowest BCUT2D eigenvalue weighted by molar-refractivity contribution is -0.138. The van der Waals surface area contributed by atoms with E-state index in [1.54, 1.807) is 0 Å². The van der Waals surface area contributed by atoms with Gasteiger partial charge in [-0.3, -0.25) is 4.79 Å². The SMILES string of the molecule is CCOc1cccc(C[C@H](N)C(=O)O)c1.Cl. The van der Waals surface area contributed by atoms with Crippen LogP contribution < -0.4 is 10.5 Å². The standard InChI is InChI=1S/C11H15NO3.ClH/c1-2-15-9-5-3-4-8(6-9)7-10(12)11(13)14;/h3-6,10H,2,7,12H2,1H3,(H,13,14);1H/t10-;/m0./s1. The smallest absolute Gasteiger partial charge is 0.320 e. The largest absolute Gasteiger partial charge is 0.494 e. The molecule has 0 saturated carbocycles. The minimum Gasteiger partial charge on any atom is -0.494 e. The lowest BCUT2D eigenvalue weighted by Gasteiger charge is -2.08. The molecule has 0 fully saturated rings. The summed E-state index contributed by atoms with van der Waals surface area (Å²) in [5.74, 6) is -0.246. The van der Waals surface area contributed by atoms with Gasteiger partial charge in [0.15, 0.2) is 0 Å². The van der Waals surface area contributed by atoms with Gasteiger partial charge in [-0.15, -0.1) is 12.4 Å². The van der Waals surface area contributed by atoms with Gasteiger partial charge in [0.05, 0.1) is 6.61 Å². The van der Waals surface area contributed by atoms with Crippen LogP contribution in [0.1, 0.15) is 12.5 Å². The molecule has 0 amide bonds. The predicted molar refractivity (Wildman–Crippen MR) is 64.2 cm³/mol. The molecule has 0 aliphatic carbocycles. The maximum Gasteiger partial charge on any atom is 0.320 e. The van der Waals surface area contributed by atoms with Gasteiger partial charge in [0.25, 0.3) is 0 Å². The molecule has 0 spiro atoms. The molecule has 0 aromatic heterocycles. The molecule has 4 nitrogen and oxygen atoms in total. The summed E-state index contributed by atoms with van der Waals surface area (Å²) in [6, 6.07) is 6.45. The molecule has 1 rings (SSSR count). The number of rotatable bonds is 5. The first-order chi connectivity index (χ1) is 7.13. The van der Waals surface area contributed by atoms with Crippen molar-refractivity contribution in [1.29, 1.82) is 0 Å². The number of ether oxygens (including phenoxy) is 1. The van der Waals surface area contributed by atoms with Crippen molar-refractivity contribution in [1.82, 2.24) is 0 Å². The number of hydrogen-bond donors (Lipinski definition) is 2. The van der Waals surface area contributed by atoms with Gasteiger partial charge in [-0.25, -0.2) is 0 Å². The van der Waals surface area contributed by atoms with E-state index in [0.29, 0.717) is 13.0 Å². The van der Waals surface area contributed by atoms with E-state index in [4.69, 9.17) is 15.6 Å². The topological polar surface area (TPSA) is 72.5 Å². The molecule has 0 aliphatic rings. The quantitative estimate of drug-likeness (QED) is 0.824. The van der Waals surface area contributed by atoms with Crippen molar-refractivity contribution in [3.63, 3.8) is 0 Å². The molecule has 0 saturated heterocycles. The number of carboxylic acids is 1. The van der Waals surface area contributed by atoms with Crippen LogP contribution in [0.4, 0.5) is 0 Å². The number of nitrogens with two attached hydrogens (primary N) is 1. The second kappa shape index (κ2) is 7.09. The third kappa shape index (κ3) is 4.51. The summed E-state index contributed by atoms with van der Waals surface area (Å²) in [6.07, 6.45) is 0.316. The predicted octanol–water partition coefficient (Wildman–Crippen LogP) is 1.46. The van der Waals surface area contributed by atoms with Crippen LogP contribution >= 0.6 is 12.4 Å². The molecule has 1 atom stereocenters. The second-order valence-corrected chi connectivity index (χ2v) is 3.23. The molecule has 16 heavy (non-hydrogen) atoms. The van der Waals surface area contributed by atoms with Crippen LogP contribution in [-0.2, 0) is 11.2 Å². The number of benzene rings is 1. The maximum atomic E-state index is 10.6. The van der Waals surface area contributed by atoms with Crippen molar-refractivity contribution >= 4 is 18.4 Å². The normalized spacial score (nSPS) is 11.4. The number of carbonyl (C=O) groups is 1. The number of halogens is 1. The lowest BCUT2D eigenvalue weighted by Crippen LogP contribution is -2.32. The van der Waals surface area contributed by atoms with Crippen molar-refractivity contribution in [3.8, 4) is 5.75 Å². The van der Waals surface area contributed by atoms with Gasteiger partial charge in [0.1, 0.15) is 11.8 Å². The van der Waals surface area contributed by atoms with E-state index in [0.717, 1.165) is 11.3 Å². The fraction of sp³-hybridized carbons (Fsp3) is 0.364. The highest BCUT2D eigenvalue weighted by Crippen LogP contribution is 2.14. The van der Waals surface area contributed by atoms with Crippen LogP contribution in [0.2, 0.25) is 0 Å². The third-order valence-corrected chi connectivity index (χ3v) is 1.98. The van der Waals surface area contributed by atoms with Crippen LogP contribution in [0.5, 0.6) is 5.75 Å². The zero-order valence-corrected chi connectivity index (χ0v) is 9.87. The molecule has 0 radical (unpaired) electrons. The first-order valence-electron chi connectivity index (χ1n) is 4.83. The summed E-state index contributed by atoms with van der Waals surface area (Å²) < 4.78 is 5.30. The molecule has 1 aromatic carbocycles. The van der Waals surface area contributed by atoms with Crippen LogP contribution in [0, 0.1) is 0 Å². The highest BCUT2D eigenvalue weighted by Gasteiger charge is 2.12. The Labute approximate surface area is 101 Å². The highest BCUT2D eigenvalue weighted by molar-refractivity contribution is 5.85. The zero-order chi connectivity index (χ0) is 11.3. The maximum absolute atomic E-state index is 10.6. The van der Waals surface area contributed by atoms with Gasteiger partial charge in [-0.2, -0.15) is 0 Å². The second-order valence-electron chi connectivity index (χ2n) is 3.23.